The molecule has 2 aromatic carbocycles. The number of aryl methyl sites for hydroxylation is 1. The van der Waals surface area contributed by atoms with Crippen LogP contribution in [0, 0.1) is 12.7 Å². The highest BCUT2D eigenvalue weighted by Crippen LogP contribution is 2.20. The molecule has 4 aromatic rings. The smallest absolute Gasteiger partial charge is 0.278 e. The Morgan fingerprint density at radius 1 is 1.20 bits per heavy atom. The van der Waals surface area contributed by atoms with Crippen molar-refractivity contribution in [2.24, 2.45) is 0 Å². The molecule has 0 atom stereocenters. The van der Waals surface area contributed by atoms with Gasteiger partial charge >= 0.3 is 0 Å². The number of rotatable bonds is 7. The van der Waals surface area contributed by atoms with Gasteiger partial charge in [0.1, 0.15) is 23.9 Å². The van der Waals surface area contributed by atoms with Crippen molar-refractivity contribution < 1.29 is 18.4 Å². The number of carbonyl (C=O) groups is 1. The van der Waals surface area contributed by atoms with E-state index in [1.54, 1.807) is 23.9 Å². The third kappa shape index (κ3) is 4.54. The number of carbonyl (C=O) groups excluding carboxylic acids is 1. The number of hydrogen-bond acceptors (Lipinski definition) is 5. The van der Waals surface area contributed by atoms with Gasteiger partial charge in [0.2, 0.25) is 0 Å². The van der Waals surface area contributed by atoms with Crippen molar-refractivity contribution in [1.82, 2.24) is 14.9 Å². The summed E-state index contributed by atoms with van der Waals surface area (Å²) >= 11 is 0. The van der Waals surface area contributed by atoms with Gasteiger partial charge in [0, 0.05) is 18.1 Å². The molecular formula is C22H19FN4O3. The van der Waals surface area contributed by atoms with E-state index in [1.165, 1.54) is 24.3 Å². The number of nitrogens with zero attached hydrogens (tertiary/aromatic N) is 3. The standard InChI is InChI=1S/C22H19FN4O3/c1-15-20(14-29-19-8-6-17(23)7-9-19)21(26-30-15)22(28)25-18-5-2-4-16(12-18)13-27-11-3-10-24-27/h2-12H,13-14H2,1H3,(H,25,28). The third-order valence-corrected chi connectivity index (χ3v) is 4.49. The van der Waals surface area contributed by atoms with Gasteiger partial charge in [0.25, 0.3) is 5.91 Å². The van der Waals surface area contributed by atoms with Gasteiger partial charge in [-0.25, -0.2) is 4.39 Å². The molecule has 8 heteroatoms. The number of halogens is 1. The first-order valence-electron chi connectivity index (χ1n) is 9.30. The molecule has 0 saturated heterocycles. The second kappa shape index (κ2) is 8.60. The molecular weight excluding hydrogens is 387 g/mol. The maximum atomic E-state index is 13.0. The lowest BCUT2D eigenvalue weighted by Crippen LogP contribution is -2.15. The van der Waals surface area contributed by atoms with E-state index < -0.39 is 5.91 Å². The zero-order valence-corrected chi connectivity index (χ0v) is 16.2. The van der Waals surface area contributed by atoms with Gasteiger partial charge in [-0.05, 0) is 55.0 Å². The average Bonchev–Trinajstić information content (AvgIpc) is 3.37. The van der Waals surface area contributed by atoms with Crippen LogP contribution >= 0.6 is 0 Å². The summed E-state index contributed by atoms with van der Waals surface area (Å²) in [7, 11) is 0. The Balaban J connectivity index is 1.45. The average molecular weight is 406 g/mol. The fourth-order valence-electron chi connectivity index (χ4n) is 2.94. The number of amides is 1. The van der Waals surface area contributed by atoms with Crippen LogP contribution in [0.1, 0.15) is 27.4 Å². The highest BCUT2D eigenvalue weighted by Gasteiger charge is 2.20. The van der Waals surface area contributed by atoms with Gasteiger partial charge in [0.05, 0.1) is 12.1 Å². The van der Waals surface area contributed by atoms with Crippen LogP contribution in [0.4, 0.5) is 10.1 Å². The lowest BCUT2D eigenvalue weighted by atomic mass is 10.1. The summed E-state index contributed by atoms with van der Waals surface area (Å²) in [5, 5.41) is 10.9. The summed E-state index contributed by atoms with van der Waals surface area (Å²) in [5.41, 5.74) is 2.31. The van der Waals surface area contributed by atoms with Crippen molar-refractivity contribution >= 4 is 11.6 Å². The van der Waals surface area contributed by atoms with Gasteiger partial charge in [-0.2, -0.15) is 5.10 Å². The zero-order valence-electron chi connectivity index (χ0n) is 16.2. The van der Waals surface area contributed by atoms with Gasteiger partial charge in [-0.15, -0.1) is 0 Å². The van der Waals surface area contributed by atoms with Crippen LogP contribution < -0.4 is 10.1 Å². The van der Waals surface area contributed by atoms with E-state index in [1.807, 2.05) is 30.5 Å². The van der Waals surface area contributed by atoms with Crippen molar-refractivity contribution in [1.29, 1.82) is 0 Å². The van der Waals surface area contributed by atoms with E-state index in [2.05, 4.69) is 15.6 Å². The first-order chi connectivity index (χ1) is 14.6. The van der Waals surface area contributed by atoms with Crippen LogP contribution in [0.2, 0.25) is 0 Å². The summed E-state index contributed by atoms with van der Waals surface area (Å²) in [6.45, 7) is 2.37. The minimum atomic E-state index is -0.402. The summed E-state index contributed by atoms with van der Waals surface area (Å²) in [4.78, 5) is 12.8. The molecule has 0 saturated carbocycles. The van der Waals surface area contributed by atoms with Crippen LogP contribution in [0.5, 0.6) is 5.75 Å². The normalized spacial score (nSPS) is 10.7. The topological polar surface area (TPSA) is 82.2 Å². The number of ether oxygens (including phenoxy) is 1. The molecule has 0 bridgehead atoms. The predicted molar refractivity (Wildman–Crippen MR) is 108 cm³/mol. The van der Waals surface area contributed by atoms with E-state index in [-0.39, 0.29) is 18.1 Å². The van der Waals surface area contributed by atoms with Crippen molar-refractivity contribution in [2.75, 3.05) is 5.32 Å². The van der Waals surface area contributed by atoms with Crippen LogP contribution in [0.15, 0.2) is 71.5 Å². The van der Waals surface area contributed by atoms with E-state index in [0.29, 0.717) is 29.3 Å². The highest BCUT2D eigenvalue weighted by molar-refractivity contribution is 6.03. The molecule has 0 aliphatic carbocycles. The molecule has 30 heavy (non-hydrogen) atoms. The molecule has 0 unspecified atom stereocenters. The number of benzene rings is 2. The second-order valence-electron chi connectivity index (χ2n) is 6.67. The minimum Gasteiger partial charge on any atom is -0.489 e. The van der Waals surface area contributed by atoms with Crippen LogP contribution in [0.25, 0.3) is 0 Å². The van der Waals surface area contributed by atoms with Crippen molar-refractivity contribution in [3.63, 3.8) is 0 Å². The van der Waals surface area contributed by atoms with Gasteiger partial charge in [-0.3, -0.25) is 9.48 Å². The van der Waals surface area contributed by atoms with Crippen LogP contribution in [-0.4, -0.2) is 20.8 Å². The maximum Gasteiger partial charge on any atom is 0.278 e. The summed E-state index contributed by atoms with van der Waals surface area (Å²) in [6.07, 6.45) is 3.59. The largest absolute Gasteiger partial charge is 0.489 e. The fraction of sp³-hybridized carbons (Fsp3) is 0.136. The zero-order chi connectivity index (χ0) is 20.9. The molecule has 0 spiro atoms. The predicted octanol–water partition coefficient (Wildman–Crippen LogP) is 4.20. The van der Waals surface area contributed by atoms with Gasteiger partial charge < -0.3 is 14.6 Å². The molecule has 0 aliphatic heterocycles. The van der Waals surface area contributed by atoms with Crippen molar-refractivity contribution in [3.05, 3.63) is 95.4 Å². The minimum absolute atomic E-state index is 0.0725. The maximum absolute atomic E-state index is 13.0. The summed E-state index contributed by atoms with van der Waals surface area (Å²) < 4.78 is 25.7. The van der Waals surface area contributed by atoms with E-state index in [0.717, 1.165) is 5.56 Å². The number of hydrogen-bond donors (Lipinski definition) is 1. The Morgan fingerprint density at radius 2 is 2.03 bits per heavy atom. The van der Waals surface area contributed by atoms with E-state index in [4.69, 9.17) is 9.26 Å². The molecule has 0 radical (unpaired) electrons. The molecule has 1 N–H and O–H groups in total. The highest BCUT2D eigenvalue weighted by atomic mass is 19.1. The number of nitrogens with one attached hydrogen (secondary N) is 1. The van der Waals surface area contributed by atoms with Crippen LogP contribution in [0.3, 0.4) is 0 Å². The molecule has 2 aromatic heterocycles. The Bertz CT molecular complexity index is 1140. The SMILES string of the molecule is Cc1onc(C(=O)Nc2cccc(Cn3cccn3)c2)c1COc1ccc(F)cc1. The first-order valence-corrected chi connectivity index (χ1v) is 9.30. The third-order valence-electron chi connectivity index (χ3n) is 4.49. The Morgan fingerprint density at radius 3 is 2.80 bits per heavy atom. The van der Waals surface area contributed by atoms with E-state index in [9.17, 15) is 9.18 Å². The van der Waals surface area contributed by atoms with Crippen molar-refractivity contribution in [2.45, 2.75) is 20.1 Å². The summed E-state index contributed by atoms with van der Waals surface area (Å²) in [5.74, 6) is 0.212. The Kier molecular flexibility index (Phi) is 5.56. The molecule has 152 valence electrons. The number of aromatic nitrogens is 3. The fourth-order valence-corrected chi connectivity index (χ4v) is 2.94. The molecule has 2 heterocycles. The first kappa shape index (κ1) is 19.4. The number of anilines is 1. The summed E-state index contributed by atoms with van der Waals surface area (Å²) in [6, 6.07) is 15.0. The molecule has 4 rings (SSSR count). The van der Waals surface area contributed by atoms with Crippen LogP contribution in [-0.2, 0) is 13.2 Å². The van der Waals surface area contributed by atoms with Gasteiger partial charge in [0.15, 0.2) is 5.69 Å². The monoisotopic (exact) mass is 406 g/mol. The molecule has 0 fully saturated rings. The van der Waals surface area contributed by atoms with Crippen molar-refractivity contribution in [3.8, 4) is 5.75 Å². The van der Waals surface area contributed by atoms with Gasteiger partial charge in [-0.1, -0.05) is 17.3 Å². The lowest BCUT2D eigenvalue weighted by Gasteiger charge is -2.09. The van der Waals surface area contributed by atoms with E-state index >= 15 is 0 Å². The Labute approximate surface area is 172 Å². The molecule has 7 nitrogen and oxygen atoms in total. The second-order valence-corrected chi connectivity index (χ2v) is 6.67. The quantitative estimate of drug-likeness (QED) is 0.497. The Hall–Kier alpha value is -3.94. The molecule has 1 amide bonds. The lowest BCUT2D eigenvalue weighted by molar-refractivity contribution is 0.101. The molecule has 0 aliphatic rings.